The Morgan fingerprint density at radius 1 is 1.07 bits per heavy atom. The summed E-state index contributed by atoms with van der Waals surface area (Å²) in [6, 6.07) is 12.7. The molecule has 1 heterocycles. The highest BCUT2D eigenvalue weighted by Crippen LogP contribution is 2.35. The molecule has 1 saturated heterocycles. The van der Waals surface area contributed by atoms with Crippen LogP contribution in [0.3, 0.4) is 0 Å². The molecule has 2 aromatic carbocycles. The third kappa shape index (κ3) is 4.61. The molecule has 5 atom stereocenters. The number of aliphatic hydroxyl groups excluding tert-OH is 3. The summed E-state index contributed by atoms with van der Waals surface area (Å²) in [6.45, 7) is 0. The van der Waals surface area contributed by atoms with Crippen LogP contribution in [0.5, 0.6) is 5.75 Å². The number of likely N-dealkylation sites (N-methyl/N-ethyl adjacent to an activating group) is 1. The molecule has 3 rings (SSSR count). The number of methoxy groups -OCH3 is 1. The van der Waals surface area contributed by atoms with Crippen molar-refractivity contribution in [3.8, 4) is 5.75 Å². The van der Waals surface area contributed by atoms with Crippen LogP contribution in [0.2, 0.25) is 5.02 Å². The lowest BCUT2D eigenvalue weighted by Crippen LogP contribution is -2.58. The number of benzene rings is 2. The predicted octanol–water partition coefficient (Wildman–Crippen LogP) is 1.55. The number of hydrogen-bond donors (Lipinski definition) is 3. The van der Waals surface area contributed by atoms with Crippen molar-refractivity contribution in [3.05, 3.63) is 64.2 Å². The molecular formula is C22H26ClNO6. The maximum Gasteiger partial charge on any atom is 0.254 e. The zero-order valence-corrected chi connectivity index (χ0v) is 17.8. The minimum atomic E-state index is -1.53. The van der Waals surface area contributed by atoms with Gasteiger partial charge in [-0.05, 0) is 41.3 Å². The summed E-state index contributed by atoms with van der Waals surface area (Å²) in [6.07, 6.45) is -6.21. The number of rotatable bonds is 5. The topological polar surface area (TPSA) is 99.5 Å². The molecule has 7 nitrogen and oxygen atoms in total. The van der Waals surface area contributed by atoms with Gasteiger partial charge in [-0.3, -0.25) is 4.79 Å². The van der Waals surface area contributed by atoms with E-state index in [4.69, 9.17) is 21.1 Å². The molecule has 3 N–H and O–H groups in total. The van der Waals surface area contributed by atoms with E-state index in [0.29, 0.717) is 17.0 Å². The van der Waals surface area contributed by atoms with Gasteiger partial charge in [0.1, 0.15) is 30.2 Å². The molecule has 0 aliphatic carbocycles. The van der Waals surface area contributed by atoms with Crippen molar-refractivity contribution in [3.63, 3.8) is 0 Å². The van der Waals surface area contributed by atoms with Crippen molar-refractivity contribution in [2.45, 2.75) is 36.9 Å². The SMILES string of the molecule is COc1ccc(Cc2cc([C@@H]3OC(C(=O)N(C)C)[C@@H](O)[C@H](O)[C@H]3O)ccc2Cl)cc1. The molecule has 0 radical (unpaired) electrons. The van der Waals surface area contributed by atoms with Crippen molar-refractivity contribution < 1.29 is 29.6 Å². The molecule has 1 aliphatic rings. The number of amides is 1. The van der Waals surface area contributed by atoms with E-state index >= 15 is 0 Å². The third-order valence-corrected chi connectivity index (χ3v) is 5.62. The fourth-order valence-corrected chi connectivity index (χ4v) is 3.67. The van der Waals surface area contributed by atoms with Gasteiger partial charge in [0.05, 0.1) is 7.11 Å². The van der Waals surface area contributed by atoms with Crippen molar-refractivity contribution in [2.75, 3.05) is 21.2 Å². The maximum atomic E-state index is 12.4. The Kier molecular flexibility index (Phi) is 7.00. The number of halogens is 1. The highest BCUT2D eigenvalue weighted by atomic mass is 35.5. The first kappa shape index (κ1) is 22.5. The van der Waals surface area contributed by atoms with Gasteiger partial charge in [0, 0.05) is 19.1 Å². The number of nitrogens with zero attached hydrogens (tertiary/aromatic N) is 1. The zero-order chi connectivity index (χ0) is 22.0. The van der Waals surface area contributed by atoms with Gasteiger partial charge in [0.15, 0.2) is 6.10 Å². The normalized spacial score (nSPS) is 26.3. The highest BCUT2D eigenvalue weighted by Gasteiger charge is 2.47. The lowest BCUT2D eigenvalue weighted by molar-refractivity contribution is -0.226. The number of carbonyl (C=O) groups is 1. The highest BCUT2D eigenvalue weighted by molar-refractivity contribution is 6.31. The first-order valence-corrected chi connectivity index (χ1v) is 9.92. The van der Waals surface area contributed by atoms with Crippen LogP contribution < -0.4 is 4.74 Å². The van der Waals surface area contributed by atoms with E-state index in [0.717, 1.165) is 16.9 Å². The van der Waals surface area contributed by atoms with E-state index in [1.54, 1.807) is 25.3 Å². The lowest BCUT2D eigenvalue weighted by atomic mass is 9.89. The second-order valence-electron chi connectivity index (χ2n) is 7.56. The summed E-state index contributed by atoms with van der Waals surface area (Å²) in [5, 5.41) is 31.6. The lowest BCUT2D eigenvalue weighted by Gasteiger charge is -2.41. The Balaban J connectivity index is 1.88. The summed E-state index contributed by atoms with van der Waals surface area (Å²) in [5.74, 6) is 0.257. The van der Waals surface area contributed by atoms with Gasteiger partial charge in [0.2, 0.25) is 0 Å². The third-order valence-electron chi connectivity index (χ3n) is 5.25. The summed E-state index contributed by atoms with van der Waals surface area (Å²) in [5.41, 5.74) is 2.36. The summed E-state index contributed by atoms with van der Waals surface area (Å²) in [4.78, 5) is 13.6. The van der Waals surface area contributed by atoms with Crippen LogP contribution in [-0.2, 0) is 16.0 Å². The molecule has 1 unspecified atom stereocenters. The summed E-state index contributed by atoms with van der Waals surface area (Å²) in [7, 11) is 4.66. The van der Waals surface area contributed by atoms with E-state index in [-0.39, 0.29) is 0 Å². The zero-order valence-electron chi connectivity index (χ0n) is 17.0. The fourth-order valence-electron chi connectivity index (χ4n) is 3.48. The Morgan fingerprint density at radius 2 is 1.73 bits per heavy atom. The van der Waals surface area contributed by atoms with Crippen molar-refractivity contribution >= 4 is 17.5 Å². The monoisotopic (exact) mass is 435 g/mol. The number of carbonyl (C=O) groups excluding carboxylic acids is 1. The molecule has 1 amide bonds. The van der Waals surface area contributed by atoms with Gasteiger partial charge >= 0.3 is 0 Å². The second-order valence-corrected chi connectivity index (χ2v) is 7.96. The molecule has 0 spiro atoms. The van der Waals surface area contributed by atoms with E-state index in [1.165, 1.54) is 19.0 Å². The molecular weight excluding hydrogens is 410 g/mol. The molecule has 0 saturated carbocycles. The van der Waals surface area contributed by atoms with Crippen molar-refractivity contribution in [1.29, 1.82) is 0 Å². The van der Waals surface area contributed by atoms with Crippen LogP contribution in [0.4, 0.5) is 0 Å². The van der Waals surface area contributed by atoms with E-state index in [9.17, 15) is 20.1 Å². The quantitative estimate of drug-likeness (QED) is 0.659. The van der Waals surface area contributed by atoms with Gasteiger partial charge in [-0.2, -0.15) is 0 Å². The van der Waals surface area contributed by atoms with Gasteiger partial charge < -0.3 is 29.7 Å². The van der Waals surface area contributed by atoms with E-state index in [1.807, 2.05) is 24.3 Å². The second kappa shape index (κ2) is 9.32. The minimum absolute atomic E-state index is 0.495. The van der Waals surface area contributed by atoms with Crippen molar-refractivity contribution in [1.82, 2.24) is 4.90 Å². The molecule has 0 aromatic heterocycles. The largest absolute Gasteiger partial charge is 0.497 e. The average molecular weight is 436 g/mol. The molecule has 8 heteroatoms. The van der Waals surface area contributed by atoms with E-state index < -0.39 is 36.4 Å². The molecule has 1 fully saturated rings. The molecule has 0 bridgehead atoms. The number of aliphatic hydroxyl groups is 3. The minimum Gasteiger partial charge on any atom is -0.497 e. The smallest absolute Gasteiger partial charge is 0.254 e. The van der Waals surface area contributed by atoms with Crippen molar-refractivity contribution in [2.24, 2.45) is 0 Å². The standard InChI is InChI=1S/C22H26ClNO6/c1-24(2)22(28)21-19(27)17(25)18(26)20(30-21)13-6-9-16(23)14(11-13)10-12-4-7-15(29-3)8-5-12/h4-9,11,17-21,25-27H,10H2,1-3H3/t17-,18-,19+,20+,21?/m1/s1. The summed E-state index contributed by atoms with van der Waals surface area (Å²) < 4.78 is 10.9. The van der Waals surface area contributed by atoms with Gasteiger partial charge in [-0.25, -0.2) is 0 Å². The fraction of sp³-hybridized carbons (Fsp3) is 0.409. The van der Waals surface area contributed by atoms with Crippen LogP contribution in [-0.4, -0.2) is 71.7 Å². The summed E-state index contributed by atoms with van der Waals surface area (Å²) >= 11 is 6.37. The number of ether oxygens (including phenoxy) is 2. The van der Waals surface area contributed by atoms with Gasteiger partial charge in [-0.15, -0.1) is 0 Å². The Labute approximate surface area is 180 Å². The maximum absolute atomic E-state index is 12.4. The number of hydrogen-bond acceptors (Lipinski definition) is 6. The molecule has 162 valence electrons. The first-order valence-electron chi connectivity index (χ1n) is 9.55. The van der Waals surface area contributed by atoms with Crippen LogP contribution in [0.15, 0.2) is 42.5 Å². The first-order chi connectivity index (χ1) is 14.2. The van der Waals surface area contributed by atoms with Gasteiger partial charge in [-0.1, -0.05) is 35.9 Å². The molecule has 2 aromatic rings. The average Bonchev–Trinajstić information content (AvgIpc) is 2.74. The Hall–Kier alpha value is -2.16. The Bertz CT molecular complexity index is 888. The van der Waals surface area contributed by atoms with E-state index in [2.05, 4.69) is 0 Å². The molecule has 1 aliphatic heterocycles. The van der Waals surface area contributed by atoms with Crippen LogP contribution in [0.25, 0.3) is 0 Å². The molecule has 30 heavy (non-hydrogen) atoms. The predicted molar refractivity (Wildman–Crippen MR) is 112 cm³/mol. The van der Waals surface area contributed by atoms with Gasteiger partial charge in [0.25, 0.3) is 5.91 Å². The van der Waals surface area contributed by atoms with Crippen LogP contribution in [0.1, 0.15) is 22.8 Å². The van der Waals surface area contributed by atoms with Crippen LogP contribution in [0, 0.1) is 0 Å². The van der Waals surface area contributed by atoms with Crippen LogP contribution >= 0.6 is 11.6 Å². The Morgan fingerprint density at radius 3 is 2.33 bits per heavy atom.